The average molecular weight is 514 g/mol. The summed E-state index contributed by atoms with van der Waals surface area (Å²) in [5.41, 5.74) is -0.208. The van der Waals surface area contributed by atoms with Crippen molar-refractivity contribution in [3.63, 3.8) is 0 Å². The molecule has 3 aromatic rings. The van der Waals surface area contributed by atoms with Crippen LogP contribution in [-0.4, -0.2) is 34.5 Å². The Bertz CT molecular complexity index is 1280. The highest BCUT2D eigenvalue weighted by molar-refractivity contribution is 5.89. The lowest BCUT2D eigenvalue weighted by Gasteiger charge is -2.52. The lowest BCUT2D eigenvalue weighted by atomic mass is 9.53. The van der Waals surface area contributed by atoms with Gasteiger partial charge in [0, 0.05) is 36.3 Å². The number of carbonyl (C=O) groups is 1. The number of halogens is 3. The molecule has 3 fully saturated rings. The Morgan fingerprint density at radius 2 is 1.73 bits per heavy atom. The molecular weight excluding hydrogens is 483 g/mol. The largest absolute Gasteiger partial charge is 0.497 e. The molecular formula is C27H30F3N5O2. The van der Waals surface area contributed by atoms with Crippen molar-refractivity contribution >= 4 is 11.7 Å². The summed E-state index contributed by atoms with van der Waals surface area (Å²) in [5.74, 6) is 1.65. The fourth-order valence-corrected chi connectivity index (χ4v) is 5.96. The smallest absolute Gasteiger partial charge is 0.417 e. The molecule has 3 aliphatic carbocycles. The zero-order valence-electron chi connectivity index (χ0n) is 20.9. The number of rotatable bonds is 6. The topological polar surface area (TPSA) is 81.1 Å². The Balaban J connectivity index is 1.26. The van der Waals surface area contributed by atoms with E-state index in [0.717, 1.165) is 50.4 Å². The molecule has 0 saturated heterocycles. The number of hydrogen-bond acceptors (Lipinski definition) is 4. The Morgan fingerprint density at radius 1 is 1.03 bits per heavy atom. The van der Waals surface area contributed by atoms with E-state index in [1.54, 1.807) is 36.9 Å². The highest BCUT2D eigenvalue weighted by Crippen LogP contribution is 2.57. The van der Waals surface area contributed by atoms with Crippen molar-refractivity contribution in [2.24, 2.45) is 12.5 Å². The molecule has 1 aromatic heterocycles. The van der Waals surface area contributed by atoms with Gasteiger partial charge in [0.1, 0.15) is 11.6 Å². The first-order valence-electron chi connectivity index (χ1n) is 12.4. The van der Waals surface area contributed by atoms with Gasteiger partial charge in [-0.1, -0.05) is 24.3 Å². The minimum atomic E-state index is -4.47. The molecule has 2 amide bonds. The van der Waals surface area contributed by atoms with Crippen molar-refractivity contribution < 1.29 is 22.7 Å². The summed E-state index contributed by atoms with van der Waals surface area (Å²) in [6, 6.07) is 12.4. The third-order valence-electron chi connectivity index (χ3n) is 8.18. The van der Waals surface area contributed by atoms with Crippen LogP contribution < -0.4 is 15.4 Å². The SMILES string of the molecule is COc1cccc(NC(=O)NCC23CCC(c4nnc(-c5ccccc5C(F)(F)F)n4C)(CC2)CC3)c1. The number of nitrogens with one attached hydrogen (secondary N) is 2. The maximum absolute atomic E-state index is 13.6. The van der Waals surface area contributed by atoms with Gasteiger partial charge in [-0.3, -0.25) is 0 Å². The van der Waals surface area contributed by atoms with Crippen molar-refractivity contribution in [1.82, 2.24) is 20.1 Å². The molecule has 2 aromatic carbocycles. The number of anilines is 1. The molecule has 196 valence electrons. The van der Waals surface area contributed by atoms with Crippen LogP contribution in [0.2, 0.25) is 0 Å². The predicted molar refractivity (Wildman–Crippen MR) is 133 cm³/mol. The van der Waals surface area contributed by atoms with E-state index in [1.165, 1.54) is 12.1 Å². The van der Waals surface area contributed by atoms with E-state index in [1.807, 2.05) is 12.1 Å². The number of hydrogen-bond donors (Lipinski definition) is 2. The van der Waals surface area contributed by atoms with Crippen molar-refractivity contribution in [3.8, 4) is 17.1 Å². The van der Waals surface area contributed by atoms with E-state index in [-0.39, 0.29) is 28.2 Å². The first-order valence-corrected chi connectivity index (χ1v) is 12.4. The van der Waals surface area contributed by atoms with Gasteiger partial charge in [0.2, 0.25) is 0 Å². The maximum atomic E-state index is 13.6. The molecule has 0 spiro atoms. The van der Waals surface area contributed by atoms with Crippen LogP contribution in [0.15, 0.2) is 48.5 Å². The lowest BCUT2D eigenvalue weighted by Crippen LogP contribution is -2.50. The van der Waals surface area contributed by atoms with E-state index in [9.17, 15) is 18.0 Å². The summed E-state index contributed by atoms with van der Waals surface area (Å²) in [6.07, 6.45) is 0.842. The summed E-state index contributed by atoms with van der Waals surface area (Å²) in [5, 5.41) is 14.5. The number of amides is 2. The summed E-state index contributed by atoms with van der Waals surface area (Å²) < 4.78 is 47.8. The molecule has 0 unspecified atom stereocenters. The normalized spacial score (nSPS) is 23.1. The molecule has 37 heavy (non-hydrogen) atoms. The average Bonchev–Trinajstić information content (AvgIpc) is 3.30. The summed E-state index contributed by atoms with van der Waals surface area (Å²) in [6.45, 7) is 0.571. The number of nitrogens with zero attached hydrogens (tertiary/aromatic N) is 3. The van der Waals surface area contributed by atoms with Gasteiger partial charge in [-0.25, -0.2) is 4.79 Å². The molecule has 1 heterocycles. The Labute approximate surface area is 213 Å². The van der Waals surface area contributed by atoms with Gasteiger partial charge in [-0.2, -0.15) is 13.2 Å². The van der Waals surface area contributed by atoms with Crippen LogP contribution in [0, 0.1) is 5.41 Å². The van der Waals surface area contributed by atoms with E-state index >= 15 is 0 Å². The number of alkyl halides is 3. The zero-order valence-corrected chi connectivity index (χ0v) is 20.9. The molecule has 7 nitrogen and oxygen atoms in total. The van der Waals surface area contributed by atoms with Crippen molar-refractivity contribution in [2.45, 2.75) is 50.1 Å². The van der Waals surface area contributed by atoms with Gasteiger partial charge in [-0.15, -0.1) is 10.2 Å². The molecule has 0 radical (unpaired) electrons. The van der Waals surface area contributed by atoms with E-state index in [4.69, 9.17) is 4.74 Å². The Morgan fingerprint density at radius 3 is 2.41 bits per heavy atom. The number of urea groups is 1. The number of carbonyl (C=O) groups excluding carboxylic acids is 1. The van der Waals surface area contributed by atoms with Crippen LogP contribution in [-0.2, 0) is 18.6 Å². The molecule has 3 saturated carbocycles. The number of ether oxygens (including phenoxy) is 1. The Hall–Kier alpha value is -3.56. The third-order valence-corrected chi connectivity index (χ3v) is 8.18. The van der Waals surface area contributed by atoms with Crippen LogP contribution in [0.4, 0.5) is 23.7 Å². The van der Waals surface area contributed by atoms with E-state index in [0.29, 0.717) is 18.0 Å². The fourth-order valence-electron chi connectivity index (χ4n) is 5.96. The minimum Gasteiger partial charge on any atom is -0.497 e. The highest BCUT2D eigenvalue weighted by atomic mass is 19.4. The second-order valence-electron chi connectivity index (χ2n) is 10.3. The van der Waals surface area contributed by atoms with E-state index < -0.39 is 11.7 Å². The van der Waals surface area contributed by atoms with E-state index in [2.05, 4.69) is 20.8 Å². The maximum Gasteiger partial charge on any atom is 0.417 e. The van der Waals surface area contributed by atoms with Gasteiger partial charge in [0.05, 0.1) is 12.7 Å². The van der Waals surface area contributed by atoms with Gasteiger partial charge in [0.15, 0.2) is 5.82 Å². The van der Waals surface area contributed by atoms with Crippen LogP contribution in [0.1, 0.15) is 49.9 Å². The number of fused-ring (bicyclic) bond motifs is 3. The van der Waals surface area contributed by atoms with Crippen molar-refractivity contribution in [1.29, 1.82) is 0 Å². The standard InChI is InChI=1S/C27H30F3N5O2/c1-35-22(20-8-3-4-9-21(20)27(28,29)30)33-34-23(35)26-13-10-25(11-14-26,12-15-26)17-31-24(36)32-18-6-5-7-19(16-18)37-2/h3-9,16H,10-15,17H2,1-2H3,(H2,31,32,36). The van der Waals surface area contributed by atoms with Gasteiger partial charge < -0.3 is 19.9 Å². The molecule has 0 aliphatic heterocycles. The van der Waals surface area contributed by atoms with Gasteiger partial charge >= 0.3 is 12.2 Å². The minimum absolute atomic E-state index is 0.0117. The second-order valence-corrected chi connectivity index (χ2v) is 10.3. The molecule has 6 rings (SSSR count). The highest BCUT2D eigenvalue weighted by Gasteiger charge is 2.51. The Kier molecular flexibility index (Phi) is 6.37. The molecule has 0 atom stereocenters. The van der Waals surface area contributed by atoms with Crippen LogP contribution in [0.3, 0.4) is 0 Å². The third kappa shape index (κ3) is 4.76. The number of aromatic nitrogens is 3. The summed E-state index contributed by atoms with van der Waals surface area (Å²) in [4.78, 5) is 12.5. The number of methoxy groups -OCH3 is 1. The van der Waals surface area contributed by atoms with Crippen molar-refractivity contribution in [2.75, 3.05) is 19.0 Å². The quantitative estimate of drug-likeness (QED) is 0.429. The zero-order chi connectivity index (χ0) is 26.3. The monoisotopic (exact) mass is 513 g/mol. The second kappa shape index (κ2) is 9.39. The van der Waals surface area contributed by atoms with Crippen LogP contribution in [0.5, 0.6) is 5.75 Å². The van der Waals surface area contributed by atoms with Gasteiger partial charge in [0.25, 0.3) is 0 Å². The first-order chi connectivity index (χ1) is 17.6. The van der Waals surface area contributed by atoms with Gasteiger partial charge in [-0.05, 0) is 62.1 Å². The first kappa shape index (κ1) is 25.1. The number of benzene rings is 2. The predicted octanol–water partition coefficient (Wildman–Crippen LogP) is 5.92. The molecule has 10 heteroatoms. The molecule has 2 bridgehead atoms. The van der Waals surface area contributed by atoms with Crippen LogP contribution in [0.25, 0.3) is 11.4 Å². The molecule has 3 aliphatic rings. The fraction of sp³-hybridized carbons (Fsp3) is 0.444. The van der Waals surface area contributed by atoms with Crippen molar-refractivity contribution in [3.05, 3.63) is 59.9 Å². The summed E-state index contributed by atoms with van der Waals surface area (Å²) >= 11 is 0. The molecule has 2 N–H and O–H groups in total. The lowest BCUT2D eigenvalue weighted by molar-refractivity contribution is -0.137. The van der Waals surface area contributed by atoms with Crippen LogP contribution >= 0.6 is 0 Å². The summed E-state index contributed by atoms with van der Waals surface area (Å²) in [7, 11) is 3.33.